The van der Waals surface area contributed by atoms with Crippen LogP contribution in [0.5, 0.6) is 5.75 Å². The summed E-state index contributed by atoms with van der Waals surface area (Å²) in [6, 6.07) is 20.8. The molecule has 2 amide bonds. The van der Waals surface area contributed by atoms with Crippen molar-refractivity contribution >= 4 is 28.8 Å². The van der Waals surface area contributed by atoms with E-state index in [1.165, 1.54) is 0 Å². The summed E-state index contributed by atoms with van der Waals surface area (Å²) < 4.78 is 5.16. The lowest BCUT2D eigenvalue weighted by molar-refractivity contribution is -0.123. The van der Waals surface area contributed by atoms with Crippen molar-refractivity contribution in [3.63, 3.8) is 0 Å². The third kappa shape index (κ3) is 6.17. The summed E-state index contributed by atoms with van der Waals surface area (Å²) in [6.45, 7) is 0.208. The second-order valence-corrected chi connectivity index (χ2v) is 7.86. The maximum Gasteiger partial charge on any atom is 0.238 e. The Kier molecular flexibility index (Phi) is 7.59. The lowest BCUT2D eigenvalue weighted by Crippen LogP contribution is -2.40. The van der Waals surface area contributed by atoms with Gasteiger partial charge in [-0.25, -0.2) is 0 Å². The maximum atomic E-state index is 12.7. The summed E-state index contributed by atoms with van der Waals surface area (Å²) in [4.78, 5) is 27.7. The molecule has 0 fully saturated rings. The fraction of sp³-hybridized carbons (Fsp3) is 0.217. The van der Waals surface area contributed by atoms with E-state index >= 15 is 0 Å². The van der Waals surface area contributed by atoms with Crippen LogP contribution in [0.15, 0.2) is 72.1 Å². The predicted molar refractivity (Wildman–Crippen MR) is 120 cm³/mol. The smallest absolute Gasteiger partial charge is 0.238 e. The highest BCUT2D eigenvalue weighted by atomic mass is 32.1. The fourth-order valence-corrected chi connectivity index (χ4v) is 3.88. The minimum absolute atomic E-state index is 0.0969. The number of ether oxygens (including phenoxy) is 1. The Labute approximate surface area is 180 Å². The molecule has 0 saturated heterocycles. The minimum Gasteiger partial charge on any atom is -0.497 e. The van der Waals surface area contributed by atoms with Gasteiger partial charge in [-0.2, -0.15) is 0 Å². The zero-order chi connectivity index (χ0) is 21.3. The number of anilines is 1. The van der Waals surface area contributed by atoms with Crippen LogP contribution in [0.4, 0.5) is 5.69 Å². The SMILES string of the molecule is COc1cccc(NC(=O)CN(C)CC(=O)N[C@H](c2ccccc2)c2cccs2)c1. The van der Waals surface area contributed by atoms with Crippen molar-refractivity contribution < 1.29 is 14.3 Å². The van der Waals surface area contributed by atoms with Gasteiger partial charge in [0.1, 0.15) is 5.75 Å². The van der Waals surface area contributed by atoms with Crippen LogP contribution in [0.2, 0.25) is 0 Å². The number of nitrogens with one attached hydrogen (secondary N) is 2. The average molecular weight is 424 g/mol. The summed E-state index contributed by atoms with van der Waals surface area (Å²) in [5, 5.41) is 7.90. The number of carbonyl (C=O) groups is 2. The van der Waals surface area contributed by atoms with Gasteiger partial charge in [-0.1, -0.05) is 42.5 Å². The molecule has 1 heterocycles. The number of hydrogen-bond acceptors (Lipinski definition) is 5. The zero-order valence-electron chi connectivity index (χ0n) is 17.0. The molecule has 0 saturated carbocycles. The molecule has 1 atom stereocenters. The molecule has 0 aliphatic rings. The summed E-state index contributed by atoms with van der Waals surface area (Å²) in [5.41, 5.74) is 1.67. The fourth-order valence-electron chi connectivity index (χ4n) is 3.07. The minimum atomic E-state index is -0.210. The molecule has 0 spiro atoms. The highest BCUT2D eigenvalue weighted by molar-refractivity contribution is 7.10. The van der Waals surface area contributed by atoms with E-state index < -0.39 is 0 Å². The van der Waals surface area contributed by atoms with E-state index in [4.69, 9.17) is 4.74 Å². The largest absolute Gasteiger partial charge is 0.497 e. The molecule has 0 bridgehead atoms. The molecule has 0 unspecified atom stereocenters. The van der Waals surface area contributed by atoms with Crippen molar-refractivity contribution in [1.29, 1.82) is 0 Å². The topological polar surface area (TPSA) is 70.7 Å². The van der Waals surface area contributed by atoms with E-state index in [0.29, 0.717) is 11.4 Å². The van der Waals surface area contributed by atoms with E-state index in [0.717, 1.165) is 10.4 Å². The first kappa shape index (κ1) is 21.5. The van der Waals surface area contributed by atoms with Crippen LogP contribution in [0.3, 0.4) is 0 Å². The lowest BCUT2D eigenvalue weighted by Gasteiger charge is -2.21. The van der Waals surface area contributed by atoms with Gasteiger partial charge in [0.25, 0.3) is 0 Å². The number of methoxy groups -OCH3 is 1. The van der Waals surface area contributed by atoms with Crippen LogP contribution in [0, 0.1) is 0 Å². The van der Waals surface area contributed by atoms with Gasteiger partial charge in [0.2, 0.25) is 11.8 Å². The standard InChI is InChI=1S/C23H25N3O3S/c1-26(15-21(27)24-18-10-6-11-19(14-18)29-2)16-22(28)25-23(20-12-7-13-30-20)17-8-4-3-5-9-17/h3-14,23H,15-16H2,1-2H3,(H,24,27)(H,25,28)/t23-/m1/s1. The van der Waals surface area contributed by atoms with Gasteiger partial charge in [0.15, 0.2) is 0 Å². The zero-order valence-corrected chi connectivity index (χ0v) is 17.8. The van der Waals surface area contributed by atoms with E-state index in [1.807, 2.05) is 53.9 Å². The molecule has 30 heavy (non-hydrogen) atoms. The van der Waals surface area contributed by atoms with Crippen molar-refractivity contribution in [2.45, 2.75) is 6.04 Å². The molecule has 0 aliphatic heterocycles. The Hall–Kier alpha value is -3.16. The first-order valence-electron chi connectivity index (χ1n) is 9.55. The summed E-state index contributed by atoms with van der Waals surface area (Å²) in [7, 11) is 3.32. The third-order valence-electron chi connectivity index (χ3n) is 4.45. The van der Waals surface area contributed by atoms with Gasteiger partial charge in [-0.15, -0.1) is 11.3 Å². The van der Waals surface area contributed by atoms with E-state index in [-0.39, 0.29) is 30.9 Å². The first-order valence-corrected chi connectivity index (χ1v) is 10.4. The maximum absolute atomic E-state index is 12.7. The van der Waals surface area contributed by atoms with Crippen LogP contribution < -0.4 is 15.4 Å². The van der Waals surface area contributed by atoms with Crippen molar-refractivity contribution in [2.75, 3.05) is 32.6 Å². The van der Waals surface area contributed by atoms with Crippen LogP contribution in [0.25, 0.3) is 0 Å². The van der Waals surface area contributed by atoms with Crippen molar-refractivity contribution in [3.8, 4) is 5.75 Å². The van der Waals surface area contributed by atoms with Crippen LogP contribution in [-0.4, -0.2) is 44.0 Å². The first-order chi connectivity index (χ1) is 14.5. The number of nitrogens with zero attached hydrogens (tertiary/aromatic N) is 1. The molecular formula is C23H25N3O3S. The summed E-state index contributed by atoms with van der Waals surface area (Å²) in [6.07, 6.45) is 0. The van der Waals surface area contributed by atoms with Gasteiger partial charge >= 0.3 is 0 Å². The third-order valence-corrected chi connectivity index (χ3v) is 5.38. The number of carbonyl (C=O) groups excluding carboxylic acids is 2. The molecule has 156 valence electrons. The second kappa shape index (κ2) is 10.6. The van der Waals surface area contributed by atoms with Gasteiger partial charge < -0.3 is 15.4 Å². The normalized spacial score (nSPS) is 11.7. The van der Waals surface area contributed by atoms with Gasteiger partial charge in [0.05, 0.1) is 26.2 Å². The van der Waals surface area contributed by atoms with Crippen LogP contribution in [0.1, 0.15) is 16.5 Å². The van der Waals surface area contributed by atoms with Crippen molar-refractivity contribution in [3.05, 3.63) is 82.6 Å². The number of amides is 2. The number of rotatable bonds is 9. The Balaban J connectivity index is 1.55. The highest BCUT2D eigenvalue weighted by Crippen LogP contribution is 2.25. The number of likely N-dealkylation sites (N-methyl/N-ethyl adjacent to an activating group) is 1. The van der Waals surface area contributed by atoms with Crippen molar-refractivity contribution in [1.82, 2.24) is 10.2 Å². The molecule has 2 aromatic carbocycles. The Bertz CT molecular complexity index is 961. The van der Waals surface area contributed by atoms with E-state index in [9.17, 15) is 9.59 Å². The van der Waals surface area contributed by atoms with Gasteiger partial charge in [-0.05, 0) is 36.2 Å². The van der Waals surface area contributed by atoms with E-state index in [2.05, 4.69) is 10.6 Å². The lowest BCUT2D eigenvalue weighted by atomic mass is 10.1. The van der Waals surface area contributed by atoms with Crippen LogP contribution >= 0.6 is 11.3 Å². The number of hydrogen-bond donors (Lipinski definition) is 2. The molecule has 2 N–H and O–H groups in total. The van der Waals surface area contributed by atoms with Gasteiger partial charge in [-0.3, -0.25) is 14.5 Å². The monoisotopic (exact) mass is 423 g/mol. The number of thiophene rings is 1. The molecule has 6 nitrogen and oxygen atoms in total. The van der Waals surface area contributed by atoms with E-state index in [1.54, 1.807) is 48.6 Å². The molecule has 3 aromatic rings. The molecule has 0 aliphatic carbocycles. The highest BCUT2D eigenvalue weighted by Gasteiger charge is 2.19. The predicted octanol–water partition coefficient (Wildman–Crippen LogP) is 3.53. The van der Waals surface area contributed by atoms with Crippen molar-refractivity contribution in [2.24, 2.45) is 0 Å². The Morgan fingerprint density at radius 1 is 1.00 bits per heavy atom. The van der Waals surface area contributed by atoms with Gasteiger partial charge in [0, 0.05) is 16.6 Å². The number of benzene rings is 2. The Morgan fingerprint density at radius 3 is 2.47 bits per heavy atom. The molecule has 7 heteroatoms. The summed E-state index contributed by atoms with van der Waals surface area (Å²) >= 11 is 1.60. The quantitative estimate of drug-likeness (QED) is 0.552. The second-order valence-electron chi connectivity index (χ2n) is 6.88. The molecule has 3 rings (SSSR count). The Morgan fingerprint density at radius 2 is 1.77 bits per heavy atom. The molecule has 0 radical (unpaired) electrons. The molecular weight excluding hydrogens is 398 g/mol. The average Bonchev–Trinajstić information content (AvgIpc) is 3.27. The summed E-state index contributed by atoms with van der Waals surface area (Å²) in [5.74, 6) is 0.325. The van der Waals surface area contributed by atoms with Crippen LogP contribution in [-0.2, 0) is 9.59 Å². The molecule has 1 aromatic heterocycles.